The Labute approximate surface area is 151 Å². The van der Waals surface area contributed by atoms with Crippen molar-refractivity contribution in [1.82, 2.24) is 10.2 Å². The van der Waals surface area contributed by atoms with Crippen LogP contribution in [0.5, 0.6) is 0 Å². The molecule has 2 unspecified atom stereocenters. The predicted molar refractivity (Wildman–Crippen MR) is 103 cm³/mol. The van der Waals surface area contributed by atoms with Gasteiger partial charge in [-0.1, -0.05) is 60.7 Å². The zero-order valence-electron chi connectivity index (χ0n) is 15.2. The number of ketones is 1. The van der Waals surface area contributed by atoms with Crippen LogP contribution in [0, 0.1) is 11.8 Å². The highest BCUT2D eigenvalue weighted by molar-refractivity contribution is 5.98. The van der Waals surface area contributed by atoms with Gasteiger partial charge in [-0.15, -0.1) is 0 Å². The Morgan fingerprint density at radius 2 is 1.64 bits per heavy atom. The quantitative estimate of drug-likeness (QED) is 0.820. The average molecular weight is 336 g/mol. The number of hydrogen-bond acceptors (Lipinski definition) is 3. The fourth-order valence-corrected chi connectivity index (χ4v) is 3.96. The number of benzene rings is 2. The molecular weight excluding hydrogens is 308 g/mol. The Balaban J connectivity index is 1.90. The number of carbonyl (C=O) groups excluding carboxylic acids is 1. The summed E-state index contributed by atoms with van der Waals surface area (Å²) in [5, 5.41) is 3.52. The van der Waals surface area contributed by atoms with Gasteiger partial charge in [-0.05, 0) is 51.0 Å². The van der Waals surface area contributed by atoms with Crippen LogP contribution in [-0.4, -0.2) is 44.4 Å². The van der Waals surface area contributed by atoms with E-state index in [2.05, 4.69) is 48.6 Å². The Kier molecular flexibility index (Phi) is 6.00. The highest BCUT2D eigenvalue weighted by Crippen LogP contribution is 2.38. The summed E-state index contributed by atoms with van der Waals surface area (Å²) in [5.74, 6) is 0.994. The summed E-state index contributed by atoms with van der Waals surface area (Å²) in [4.78, 5) is 15.4. The second kappa shape index (κ2) is 8.41. The minimum atomic E-state index is -0.00860. The molecule has 0 spiro atoms. The van der Waals surface area contributed by atoms with E-state index in [9.17, 15) is 4.79 Å². The fraction of sp³-hybridized carbons (Fsp3) is 0.409. The number of nitrogens with one attached hydrogen (secondary N) is 1. The second-order valence-electron chi connectivity index (χ2n) is 7.28. The molecule has 132 valence electrons. The van der Waals surface area contributed by atoms with Gasteiger partial charge >= 0.3 is 0 Å². The van der Waals surface area contributed by atoms with Crippen molar-refractivity contribution < 1.29 is 4.79 Å². The Morgan fingerprint density at radius 3 is 2.28 bits per heavy atom. The number of piperidine rings is 1. The number of hydrogen-bond donors (Lipinski definition) is 1. The molecular formula is C22H28N2O. The molecule has 0 radical (unpaired) electrons. The first kappa shape index (κ1) is 17.8. The van der Waals surface area contributed by atoms with Crippen LogP contribution >= 0.6 is 0 Å². The van der Waals surface area contributed by atoms with E-state index in [1.807, 2.05) is 36.4 Å². The maximum atomic E-state index is 13.2. The summed E-state index contributed by atoms with van der Waals surface area (Å²) >= 11 is 0. The van der Waals surface area contributed by atoms with Crippen LogP contribution in [0.25, 0.3) is 0 Å². The van der Waals surface area contributed by atoms with Crippen LogP contribution in [-0.2, 0) is 0 Å². The molecule has 3 heteroatoms. The molecule has 25 heavy (non-hydrogen) atoms. The van der Waals surface area contributed by atoms with Crippen LogP contribution in [0.4, 0.5) is 0 Å². The Morgan fingerprint density at radius 1 is 1.00 bits per heavy atom. The number of Topliss-reactive ketones (excluding diaryl/α,β-unsaturated/α-hetero) is 1. The zero-order chi connectivity index (χ0) is 17.6. The number of carbonyl (C=O) groups is 1. The van der Waals surface area contributed by atoms with Crippen LogP contribution in [0.1, 0.15) is 28.3 Å². The number of nitrogens with zero attached hydrogens (tertiary/aromatic N) is 1. The monoisotopic (exact) mass is 336 g/mol. The van der Waals surface area contributed by atoms with Crippen LogP contribution in [0.3, 0.4) is 0 Å². The van der Waals surface area contributed by atoms with Gasteiger partial charge in [-0.25, -0.2) is 0 Å². The van der Waals surface area contributed by atoms with E-state index >= 15 is 0 Å². The van der Waals surface area contributed by atoms with E-state index < -0.39 is 0 Å². The lowest BCUT2D eigenvalue weighted by Crippen LogP contribution is -2.46. The molecule has 1 saturated heterocycles. The SMILES string of the molecule is CN(C)CCC1CNC[C@H](C(=O)c2ccccc2)C1c1ccccc1. The van der Waals surface area contributed by atoms with E-state index in [-0.39, 0.29) is 17.6 Å². The van der Waals surface area contributed by atoms with Gasteiger partial charge in [0.15, 0.2) is 5.78 Å². The zero-order valence-corrected chi connectivity index (χ0v) is 15.2. The lowest BCUT2D eigenvalue weighted by molar-refractivity contribution is 0.0838. The maximum absolute atomic E-state index is 13.2. The molecule has 3 nitrogen and oxygen atoms in total. The Bertz CT molecular complexity index is 669. The van der Waals surface area contributed by atoms with E-state index in [0.29, 0.717) is 5.92 Å². The fourth-order valence-electron chi connectivity index (χ4n) is 3.96. The lowest BCUT2D eigenvalue weighted by Gasteiger charge is -2.39. The molecule has 0 aliphatic carbocycles. The summed E-state index contributed by atoms with van der Waals surface area (Å²) < 4.78 is 0. The van der Waals surface area contributed by atoms with Gasteiger partial charge in [0.05, 0.1) is 0 Å². The molecule has 3 rings (SSSR count). The molecule has 1 aliphatic heterocycles. The summed E-state index contributed by atoms with van der Waals surface area (Å²) in [5.41, 5.74) is 2.12. The minimum Gasteiger partial charge on any atom is -0.316 e. The van der Waals surface area contributed by atoms with E-state index in [1.165, 1.54) is 5.56 Å². The van der Waals surface area contributed by atoms with Crippen LogP contribution < -0.4 is 5.32 Å². The molecule has 2 aromatic rings. The van der Waals surface area contributed by atoms with Crippen LogP contribution in [0.15, 0.2) is 60.7 Å². The molecule has 0 aromatic heterocycles. The molecule has 1 heterocycles. The maximum Gasteiger partial charge on any atom is 0.167 e. The molecule has 0 bridgehead atoms. The molecule has 0 amide bonds. The van der Waals surface area contributed by atoms with E-state index in [1.54, 1.807) is 0 Å². The average Bonchev–Trinajstić information content (AvgIpc) is 2.66. The summed E-state index contributed by atoms with van der Waals surface area (Å²) in [6.45, 7) is 2.78. The van der Waals surface area contributed by atoms with Crippen molar-refractivity contribution in [2.24, 2.45) is 11.8 Å². The molecule has 2 aromatic carbocycles. The van der Waals surface area contributed by atoms with Gasteiger partial charge < -0.3 is 10.2 Å². The first-order valence-corrected chi connectivity index (χ1v) is 9.16. The third-order valence-electron chi connectivity index (χ3n) is 5.24. The van der Waals surface area contributed by atoms with Gasteiger partial charge in [0.1, 0.15) is 0 Å². The second-order valence-corrected chi connectivity index (χ2v) is 7.28. The summed E-state index contributed by atoms with van der Waals surface area (Å²) in [7, 11) is 4.22. The smallest absolute Gasteiger partial charge is 0.167 e. The molecule has 3 atom stereocenters. The molecule has 1 N–H and O–H groups in total. The van der Waals surface area contributed by atoms with Gasteiger partial charge in [-0.2, -0.15) is 0 Å². The lowest BCUT2D eigenvalue weighted by atomic mass is 9.70. The van der Waals surface area contributed by atoms with Crippen LogP contribution in [0.2, 0.25) is 0 Å². The minimum absolute atomic E-state index is 0.00860. The van der Waals surface area contributed by atoms with Crippen molar-refractivity contribution in [3.8, 4) is 0 Å². The van der Waals surface area contributed by atoms with Crippen molar-refractivity contribution in [1.29, 1.82) is 0 Å². The van der Waals surface area contributed by atoms with Gasteiger partial charge in [0, 0.05) is 18.0 Å². The topological polar surface area (TPSA) is 32.3 Å². The standard InChI is InChI=1S/C22H28N2O/c1-24(2)14-13-19-15-23-16-20(21(19)17-9-5-3-6-10-17)22(25)18-11-7-4-8-12-18/h3-12,19-21,23H,13-16H2,1-2H3/t19?,20-,21?/m0/s1. The first-order valence-electron chi connectivity index (χ1n) is 9.16. The third-order valence-corrected chi connectivity index (χ3v) is 5.24. The van der Waals surface area contributed by atoms with Gasteiger partial charge in [0.25, 0.3) is 0 Å². The number of rotatable bonds is 6. The normalized spacial score (nSPS) is 23.6. The van der Waals surface area contributed by atoms with E-state index in [0.717, 1.165) is 31.6 Å². The van der Waals surface area contributed by atoms with Crippen molar-refractivity contribution in [3.63, 3.8) is 0 Å². The van der Waals surface area contributed by atoms with Gasteiger partial charge in [-0.3, -0.25) is 4.79 Å². The van der Waals surface area contributed by atoms with Crippen molar-refractivity contribution in [2.45, 2.75) is 12.3 Å². The first-order chi connectivity index (χ1) is 12.2. The predicted octanol–water partition coefficient (Wildman–Crippen LogP) is 3.44. The molecule has 1 fully saturated rings. The van der Waals surface area contributed by atoms with E-state index in [4.69, 9.17) is 0 Å². The highest BCUT2D eigenvalue weighted by Gasteiger charge is 2.38. The summed E-state index contributed by atoms with van der Waals surface area (Å²) in [6, 6.07) is 20.3. The Hall–Kier alpha value is -1.97. The van der Waals surface area contributed by atoms with Gasteiger partial charge in [0.2, 0.25) is 0 Å². The summed E-state index contributed by atoms with van der Waals surface area (Å²) in [6.07, 6.45) is 1.10. The van der Waals surface area contributed by atoms with Crippen molar-refractivity contribution in [3.05, 3.63) is 71.8 Å². The third kappa shape index (κ3) is 4.36. The molecule has 0 saturated carbocycles. The molecule has 1 aliphatic rings. The van der Waals surface area contributed by atoms with Crippen molar-refractivity contribution in [2.75, 3.05) is 33.7 Å². The highest BCUT2D eigenvalue weighted by atomic mass is 16.1. The largest absolute Gasteiger partial charge is 0.316 e. The van der Waals surface area contributed by atoms with Crippen molar-refractivity contribution >= 4 is 5.78 Å².